The van der Waals surface area contributed by atoms with Crippen molar-refractivity contribution < 1.29 is 18.0 Å². The van der Waals surface area contributed by atoms with E-state index in [4.69, 9.17) is 0 Å². The Balaban J connectivity index is 2.04. The molecule has 7 nitrogen and oxygen atoms in total. The molecular formula is C31H39N3O4S. The van der Waals surface area contributed by atoms with E-state index in [-0.39, 0.29) is 17.3 Å². The van der Waals surface area contributed by atoms with Gasteiger partial charge >= 0.3 is 0 Å². The average Bonchev–Trinajstić information content (AvgIpc) is 2.91. The lowest BCUT2D eigenvalue weighted by molar-refractivity contribution is -0.140. The smallest absolute Gasteiger partial charge is 0.264 e. The summed E-state index contributed by atoms with van der Waals surface area (Å²) in [4.78, 5) is 28.8. The number of benzene rings is 3. The third kappa shape index (κ3) is 7.69. The van der Waals surface area contributed by atoms with Gasteiger partial charge in [-0.1, -0.05) is 73.5 Å². The highest BCUT2D eigenvalue weighted by Gasteiger charge is 2.33. The lowest BCUT2D eigenvalue weighted by Gasteiger charge is -2.33. The molecule has 0 spiro atoms. The molecule has 0 unspecified atom stereocenters. The van der Waals surface area contributed by atoms with E-state index in [1.165, 1.54) is 4.90 Å². The molecule has 0 fully saturated rings. The highest BCUT2D eigenvalue weighted by molar-refractivity contribution is 7.92. The molecule has 0 saturated carbocycles. The maximum Gasteiger partial charge on any atom is 0.264 e. The van der Waals surface area contributed by atoms with E-state index in [0.717, 1.165) is 33.0 Å². The fraction of sp³-hybridized carbons (Fsp3) is 0.355. The second-order valence-corrected chi connectivity index (χ2v) is 11.7. The molecule has 8 heteroatoms. The molecule has 208 valence electrons. The Morgan fingerprint density at radius 2 is 1.46 bits per heavy atom. The fourth-order valence-corrected chi connectivity index (χ4v) is 5.73. The van der Waals surface area contributed by atoms with E-state index in [9.17, 15) is 18.0 Å². The first kappa shape index (κ1) is 29.9. The minimum Gasteiger partial charge on any atom is -0.354 e. The van der Waals surface area contributed by atoms with Gasteiger partial charge in [0, 0.05) is 13.1 Å². The number of carbonyl (C=O) groups is 2. The van der Waals surface area contributed by atoms with Crippen LogP contribution in [0.1, 0.15) is 48.9 Å². The minimum atomic E-state index is -4.08. The van der Waals surface area contributed by atoms with E-state index >= 15 is 0 Å². The van der Waals surface area contributed by atoms with Gasteiger partial charge in [0.15, 0.2) is 0 Å². The van der Waals surface area contributed by atoms with Crippen LogP contribution in [-0.2, 0) is 26.2 Å². The number of anilines is 1. The van der Waals surface area contributed by atoms with Crippen LogP contribution in [0.15, 0.2) is 77.7 Å². The summed E-state index contributed by atoms with van der Waals surface area (Å²) >= 11 is 0. The van der Waals surface area contributed by atoms with E-state index in [2.05, 4.69) is 5.32 Å². The Labute approximate surface area is 232 Å². The van der Waals surface area contributed by atoms with Crippen molar-refractivity contribution in [1.82, 2.24) is 10.2 Å². The molecule has 0 aliphatic carbocycles. The summed E-state index contributed by atoms with van der Waals surface area (Å²) < 4.78 is 28.9. The van der Waals surface area contributed by atoms with Gasteiger partial charge in [-0.05, 0) is 69.0 Å². The number of rotatable bonds is 12. The SMILES string of the molecule is CCCNC(=O)[C@H](CC)N(Cc1ccc(C)cc1)C(=O)CN(c1cccc(C)c1)S(=O)(=O)c1ccc(C)cc1. The van der Waals surface area contributed by atoms with Crippen LogP contribution < -0.4 is 9.62 Å². The normalized spacial score (nSPS) is 12.0. The zero-order valence-electron chi connectivity index (χ0n) is 23.5. The number of sulfonamides is 1. The molecule has 3 aromatic rings. The van der Waals surface area contributed by atoms with Gasteiger partial charge in [-0.15, -0.1) is 0 Å². The summed E-state index contributed by atoms with van der Waals surface area (Å²) in [5.41, 5.74) is 4.13. The average molecular weight is 550 g/mol. The number of hydrogen-bond acceptors (Lipinski definition) is 4. The van der Waals surface area contributed by atoms with Gasteiger partial charge in [-0.25, -0.2) is 8.42 Å². The van der Waals surface area contributed by atoms with Crippen molar-refractivity contribution in [3.63, 3.8) is 0 Å². The quantitative estimate of drug-likeness (QED) is 0.339. The third-order valence-corrected chi connectivity index (χ3v) is 8.37. The molecule has 0 saturated heterocycles. The van der Waals surface area contributed by atoms with Crippen molar-refractivity contribution in [3.8, 4) is 0 Å². The van der Waals surface area contributed by atoms with Crippen molar-refractivity contribution in [2.45, 2.75) is 64.9 Å². The van der Waals surface area contributed by atoms with Crippen molar-refractivity contribution >= 4 is 27.5 Å². The maximum atomic E-state index is 14.0. The molecule has 3 rings (SSSR count). The summed E-state index contributed by atoms with van der Waals surface area (Å²) in [5.74, 6) is -0.699. The molecule has 1 N–H and O–H groups in total. The summed E-state index contributed by atoms with van der Waals surface area (Å²) in [6.07, 6.45) is 1.16. The van der Waals surface area contributed by atoms with Crippen molar-refractivity contribution in [2.24, 2.45) is 0 Å². The first-order valence-corrected chi connectivity index (χ1v) is 14.8. The molecule has 2 amide bonds. The standard InChI is InChI=1S/C31H39N3O4S/c1-6-19-32-31(36)29(7-2)33(21-26-15-11-23(3)12-16-26)30(35)22-34(27-10-8-9-25(5)20-27)39(37,38)28-17-13-24(4)14-18-28/h8-18,20,29H,6-7,19,21-22H2,1-5H3,(H,32,36)/t29-/m0/s1. The molecule has 0 heterocycles. The van der Waals surface area contributed by atoms with Crippen LogP contribution in [0.25, 0.3) is 0 Å². The Morgan fingerprint density at radius 1 is 0.846 bits per heavy atom. The Morgan fingerprint density at radius 3 is 2.03 bits per heavy atom. The number of carbonyl (C=O) groups excluding carboxylic acids is 2. The topological polar surface area (TPSA) is 86.8 Å². The maximum absolute atomic E-state index is 14.0. The first-order chi connectivity index (χ1) is 18.6. The molecule has 0 radical (unpaired) electrons. The number of aryl methyl sites for hydroxylation is 3. The number of nitrogens with one attached hydrogen (secondary N) is 1. The molecular weight excluding hydrogens is 510 g/mol. The first-order valence-electron chi connectivity index (χ1n) is 13.4. The van der Waals surface area contributed by atoms with Gasteiger partial charge in [0.1, 0.15) is 12.6 Å². The summed E-state index contributed by atoms with van der Waals surface area (Å²) in [5, 5.41) is 2.90. The minimum absolute atomic E-state index is 0.0974. The lowest BCUT2D eigenvalue weighted by Crippen LogP contribution is -2.52. The molecule has 39 heavy (non-hydrogen) atoms. The zero-order chi connectivity index (χ0) is 28.6. The molecule has 0 aliphatic heterocycles. The fourth-order valence-electron chi connectivity index (χ4n) is 4.32. The Kier molecular flexibility index (Phi) is 10.3. The van der Waals surface area contributed by atoms with E-state index < -0.39 is 28.5 Å². The predicted molar refractivity (Wildman–Crippen MR) is 156 cm³/mol. The van der Waals surface area contributed by atoms with E-state index in [0.29, 0.717) is 18.7 Å². The Hall–Kier alpha value is -3.65. The second-order valence-electron chi connectivity index (χ2n) is 9.89. The largest absolute Gasteiger partial charge is 0.354 e. The van der Waals surface area contributed by atoms with Crippen LogP contribution in [0.3, 0.4) is 0 Å². The zero-order valence-corrected chi connectivity index (χ0v) is 24.3. The van der Waals surface area contributed by atoms with Gasteiger partial charge in [0.05, 0.1) is 10.6 Å². The van der Waals surface area contributed by atoms with Gasteiger partial charge in [-0.2, -0.15) is 0 Å². The molecule has 0 bridgehead atoms. The monoisotopic (exact) mass is 549 g/mol. The Bertz CT molecular complexity index is 1370. The van der Waals surface area contributed by atoms with E-state index in [1.54, 1.807) is 42.5 Å². The van der Waals surface area contributed by atoms with Crippen LogP contribution in [0.2, 0.25) is 0 Å². The molecule has 1 atom stereocenters. The van der Waals surface area contributed by atoms with Gasteiger partial charge < -0.3 is 10.2 Å². The summed E-state index contributed by atoms with van der Waals surface area (Å²) in [7, 11) is -4.08. The highest BCUT2D eigenvalue weighted by Crippen LogP contribution is 2.26. The predicted octanol–water partition coefficient (Wildman–Crippen LogP) is 5.14. The van der Waals surface area contributed by atoms with E-state index in [1.807, 2.05) is 65.0 Å². The summed E-state index contributed by atoms with van der Waals surface area (Å²) in [6, 6.07) is 20.7. The van der Waals surface area contributed by atoms with Crippen molar-refractivity contribution in [1.29, 1.82) is 0 Å². The lowest BCUT2D eigenvalue weighted by atomic mass is 10.1. The van der Waals surface area contributed by atoms with Crippen LogP contribution in [0.5, 0.6) is 0 Å². The van der Waals surface area contributed by atoms with Crippen LogP contribution in [-0.4, -0.2) is 44.3 Å². The highest BCUT2D eigenvalue weighted by atomic mass is 32.2. The number of hydrogen-bond donors (Lipinski definition) is 1. The van der Waals surface area contributed by atoms with Crippen LogP contribution in [0, 0.1) is 20.8 Å². The third-order valence-electron chi connectivity index (χ3n) is 6.59. The van der Waals surface area contributed by atoms with Gasteiger partial charge in [0.25, 0.3) is 10.0 Å². The summed E-state index contributed by atoms with van der Waals surface area (Å²) in [6.45, 7) is 9.80. The van der Waals surface area contributed by atoms with Crippen molar-refractivity contribution in [2.75, 3.05) is 17.4 Å². The number of amides is 2. The van der Waals surface area contributed by atoms with Crippen molar-refractivity contribution in [3.05, 3.63) is 95.1 Å². The second kappa shape index (κ2) is 13.4. The van der Waals surface area contributed by atoms with Gasteiger partial charge in [-0.3, -0.25) is 13.9 Å². The van der Waals surface area contributed by atoms with Crippen LogP contribution in [0.4, 0.5) is 5.69 Å². The molecule has 3 aromatic carbocycles. The molecule has 0 aliphatic rings. The number of nitrogens with zero attached hydrogens (tertiary/aromatic N) is 2. The molecule has 0 aromatic heterocycles. The van der Waals surface area contributed by atoms with Crippen LogP contribution >= 0.6 is 0 Å². The van der Waals surface area contributed by atoms with Gasteiger partial charge in [0.2, 0.25) is 11.8 Å².